The monoisotopic (exact) mass is 276 g/mol. The van der Waals surface area contributed by atoms with Crippen molar-refractivity contribution >= 4 is 11.7 Å². The van der Waals surface area contributed by atoms with Crippen molar-refractivity contribution in [1.82, 2.24) is 15.1 Å². The largest absolute Gasteiger partial charge is 0.366 e. The van der Waals surface area contributed by atoms with Crippen LogP contribution in [0.25, 0.3) is 0 Å². The van der Waals surface area contributed by atoms with E-state index >= 15 is 0 Å². The maximum absolute atomic E-state index is 11.7. The Morgan fingerprint density at radius 2 is 2.15 bits per heavy atom. The summed E-state index contributed by atoms with van der Waals surface area (Å²) in [6, 6.07) is 4.07. The van der Waals surface area contributed by atoms with E-state index < -0.39 is 0 Å². The van der Waals surface area contributed by atoms with Crippen molar-refractivity contribution in [2.24, 2.45) is 5.92 Å². The van der Waals surface area contributed by atoms with E-state index in [-0.39, 0.29) is 5.91 Å². The number of carbonyl (C=O) groups is 1. The van der Waals surface area contributed by atoms with Crippen LogP contribution in [0.3, 0.4) is 0 Å². The molecule has 1 aromatic heterocycles. The third kappa shape index (κ3) is 3.68. The molecule has 5 heteroatoms. The van der Waals surface area contributed by atoms with Crippen LogP contribution in [0.15, 0.2) is 12.1 Å². The first-order chi connectivity index (χ1) is 9.60. The Morgan fingerprint density at radius 1 is 1.35 bits per heavy atom. The summed E-state index contributed by atoms with van der Waals surface area (Å²) in [6.07, 6.45) is 6.27. The number of nitrogens with zero attached hydrogens (tertiary/aromatic N) is 3. The summed E-state index contributed by atoms with van der Waals surface area (Å²) >= 11 is 0. The molecule has 1 fully saturated rings. The van der Waals surface area contributed by atoms with E-state index in [1.54, 1.807) is 20.2 Å². The zero-order valence-electron chi connectivity index (χ0n) is 12.6. The Hall–Kier alpha value is -1.65. The van der Waals surface area contributed by atoms with Gasteiger partial charge in [0.1, 0.15) is 5.82 Å². The van der Waals surface area contributed by atoms with E-state index in [0.717, 1.165) is 11.7 Å². The maximum atomic E-state index is 11.7. The quantitative estimate of drug-likeness (QED) is 0.918. The first kappa shape index (κ1) is 14.8. The van der Waals surface area contributed by atoms with Crippen LogP contribution in [0.5, 0.6) is 0 Å². The molecule has 0 aromatic carbocycles. The number of hydrogen-bond acceptors (Lipinski definition) is 4. The predicted octanol–water partition coefficient (Wildman–Crippen LogP) is 2.56. The fourth-order valence-corrected chi connectivity index (χ4v) is 2.75. The lowest BCUT2D eigenvalue weighted by Gasteiger charge is -2.29. The van der Waals surface area contributed by atoms with Crippen molar-refractivity contribution in [3.63, 3.8) is 0 Å². The molecule has 1 heterocycles. The predicted molar refractivity (Wildman–Crippen MR) is 79.7 cm³/mol. The first-order valence-corrected chi connectivity index (χ1v) is 7.42. The van der Waals surface area contributed by atoms with Gasteiger partial charge in [-0.3, -0.25) is 4.79 Å². The number of anilines is 1. The smallest absolute Gasteiger partial charge is 0.273 e. The van der Waals surface area contributed by atoms with E-state index in [9.17, 15) is 4.79 Å². The molecule has 0 bridgehead atoms. The van der Waals surface area contributed by atoms with E-state index in [4.69, 9.17) is 0 Å². The van der Waals surface area contributed by atoms with E-state index in [0.29, 0.717) is 11.7 Å². The summed E-state index contributed by atoms with van der Waals surface area (Å²) in [4.78, 5) is 13.2. The van der Waals surface area contributed by atoms with Gasteiger partial charge in [-0.25, -0.2) is 0 Å². The molecule has 2 unspecified atom stereocenters. The molecule has 0 spiro atoms. The number of aromatic nitrogens is 2. The number of rotatable bonds is 4. The molecule has 2 rings (SSSR count). The summed E-state index contributed by atoms with van der Waals surface area (Å²) in [6.45, 7) is 2.26. The first-order valence-electron chi connectivity index (χ1n) is 7.42. The summed E-state index contributed by atoms with van der Waals surface area (Å²) in [7, 11) is 3.42. The average Bonchev–Trinajstić information content (AvgIpc) is 2.47. The summed E-state index contributed by atoms with van der Waals surface area (Å²) in [5, 5.41) is 11.6. The molecule has 0 radical (unpaired) electrons. The Labute approximate surface area is 120 Å². The highest BCUT2D eigenvalue weighted by Gasteiger charge is 2.21. The zero-order valence-corrected chi connectivity index (χ0v) is 12.6. The molecular formula is C15H24N4O. The van der Waals surface area contributed by atoms with Gasteiger partial charge in [0.25, 0.3) is 5.91 Å². The third-order valence-corrected chi connectivity index (χ3v) is 4.00. The average molecular weight is 276 g/mol. The maximum Gasteiger partial charge on any atom is 0.273 e. The van der Waals surface area contributed by atoms with Crippen LogP contribution in [0.2, 0.25) is 0 Å². The molecule has 20 heavy (non-hydrogen) atoms. The molecule has 5 nitrogen and oxygen atoms in total. The molecule has 1 aliphatic carbocycles. The lowest BCUT2D eigenvalue weighted by molar-refractivity contribution is 0.0821. The Bertz CT molecular complexity index is 444. The van der Waals surface area contributed by atoms with Gasteiger partial charge in [0.2, 0.25) is 0 Å². The molecule has 2 atom stereocenters. The van der Waals surface area contributed by atoms with Crippen LogP contribution < -0.4 is 5.32 Å². The van der Waals surface area contributed by atoms with Gasteiger partial charge < -0.3 is 10.2 Å². The molecule has 0 aliphatic heterocycles. The molecule has 1 N–H and O–H groups in total. The normalized spacial score (nSPS) is 22.4. The van der Waals surface area contributed by atoms with Gasteiger partial charge in [-0.05, 0) is 30.9 Å². The van der Waals surface area contributed by atoms with Gasteiger partial charge in [-0.15, -0.1) is 10.2 Å². The van der Waals surface area contributed by atoms with Crippen LogP contribution >= 0.6 is 0 Å². The van der Waals surface area contributed by atoms with Crippen molar-refractivity contribution in [2.45, 2.75) is 45.1 Å². The second kappa shape index (κ2) is 6.68. The van der Waals surface area contributed by atoms with Gasteiger partial charge in [0.05, 0.1) is 0 Å². The molecule has 1 aliphatic rings. The summed E-state index contributed by atoms with van der Waals surface area (Å²) < 4.78 is 0. The van der Waals surface area contributed by atoms with Gasteiger partial charge in [-0.1, -0.05) is 26.2 Å². The minimum Gasteiger partial charge on any atom is -0.366 e. The summed E-state index contributed by atoms with van der Waals surface area (Å²) in [5.74, 6) is 1.47. The lowest BCUT2D eigenvalue weighted by Crippen LogP contribution is -2.28. The van der Waals surface area contributed by atoms with E-state index in [1.807, 2.05) is 6.07 Å². The SMILES string of the molecule is CCC1CCCC(Nc2ccc(C(=O)N(C)C)nn2)C1. The fraction of sp³-hybridized carbons (Fsp3) is 0.667. The third-order valence-electron chi connectivity index (χ3n) is 4.00. The Kier molecular flexibility index (Phi) is 4.93. The topological polar surface area (TPSA) is 58.1 Å². The number of nitrogens with one attached hydrogen (secondary N) is 1. The number of carbonyl (C=O) groups excluding carboxylic acids is 1. The second-order valence-electron chi connectivity index (χ2n) is 5.79. The van der Waals surface area contributed by atoms with Crippen molar-refractivity contribution in [2.75, 3.05) is 19.4 Å². The van der Waals surface area contributed by atoms with Crippen molar-refractivity contribution in [3.05, 3.63) is 17.8 Å². The highest BCUT2D eigenvalue weighted by Crippen LogP contribution is 2.28. The van der Waals surface area contributed by atoms with Crippen molar-refractivity contribution in [1.29, 1.82) is 0 Å². The second-order valence-corrected chi connectivity index (χ2v) is 5.79. The van der Waals surface area contributed by atoms with Gasteiger partial charge in [-0.2, -0.15) is 0 Å². The molecule has 1 saturated carbocycles. The molecular weight excluding hydrogens is 252 g/mol. The van der Waals surface area contributed by atoms with Crippen LogP contribution in [0.4, 0.5) is 5.82 Å². The molecule has 0 saturated heterocycles. The van der Waals surface area contributed by atoms with E-state index in [1.165, 1.54) is 37.0 Å². The standard InChI is InChI=1S/C15H24N4O/c1-4-11-6-5-7-12(10-11)16-14-9-8-13(17-18-14)15(20)19(2)3/h8-9,11-12H,4-7,10H2,1-3H3,(H,16,18). The van der Waals surface area contributed by atoms with Crippen LogP contribution in [0.1, 0.15) is 49.5 Å². The fourth-order valence-electron chi connectivity index (χ4n) is 2.75. The molecule has 1 amide bonds. The summed E-state index contributed by atoms with van der Waals surface area (Å²) in [5.41, 5.74) is 0.385. The highest BCUT2D eigenvalue weighted by atomic mass is 16.2. The minimum absolute atomic E-state index is 0.118. The minimum atomic E-state index is -0.118. The molecule has 110 valence electrons. The zero-order chi connectivity index (χ0) is 14.5. The van der Waals surface area contributed by atoms with Crippen molar-refractivity contribution in [3.8, 4) is 0 Å². The number of amides is 1. The van der Waals surface area contributed by atoms with Gasteiger partial charge in [0.15, 0.2) is 5.69 Å². The lowest BCUT2D eigenvalue weighted by atomic mass is 9.84. The van der Waals surface area contributed by atoms with E-state index in [2.05, 4.69) is 22.4 Å². The Morgan fingerprint density at radius 3 is 2.75 bits per heavy atom. The van der Waals surface area contributed by atoms with Crippen molar-refractivity contribution < 1.29 is 4.79 Å². The number of hydrogen-bond donors (Lipinski definition) is 1. The van der Waals surface area contributed by atoms with Crippen LogP contribution in [-0.4, -0.2) is 41.1 Å². The van der Waals surface area contributed by atoms with Crippen LogP contribution in [-0.2, 0) is 0 Å². The van der Waals surface area contributed by atoms with Crippen LogP contribution in [0, 0.1) is 5.92 Å². The molecule has 1 aromatic rings. The van der Waals surface area contributed by atoms with Gasteiger partial charge in [0, 0.05) is 20.1 Å². The Balaban J connectivity index is 1.95. The van der Waals surface area contributed by atoms with Gasteiger partial charge >= 0.3 is 0 Å². The highest BCUT2D eigenvalue weighted by molar-refractivity contribution is 5.91.